The van der Waals surface area contributed by atoms with Gasteiger partial charge in [0.25, 0.3) is 0 Å². The lowest BCUT2D eigenvalue weighted by atomic mass is 9.43. The quantitative estimate of drug-likeness (QED) is 0.337. The summed E-state index contributed by atoms with van der Waals surface area (Å²) in [4.78, 5) is 13.1. The third kappa shape index (κ3) is 3.32. The number of carbonyl (C=O) groups excluding carboxylic acids is 1. The molecule has 0 aromatic rings. The third-order valence-corrected chi connectivity index (χ3v) is 11.6. The molecule has 2 saturated carbocycles. The van der Waals surface area contributed by atoms with Gasteiger partial charge in [-0.15, -0.1) is 0 Å². The van der Waals surface area contributed by atoms with Crippen LogP contribution in [0.15, 0.2) is 11.1 Å². The summed E-state index contributed by atoms with van der Waals surface area (Å²) in [5.41, 5.74) is 3.22. The molecule has 4 rings (SSSR count). The summed E-state index contributed by atoms with van der Waals surface area (Å²) in [6.45, 7) is 16.7. The molecule has 0 spiro atoms. The van der Waals surface area contributed by atoms with Crippen molar-refractivity contribution in [3.63, 3.8) is 0 Å². The second-order valence-corrected chi connectivity index (χ2v) is 13.8. The lowest BCUT2D eigenvalue weighted by Crippen LogP contribution is -2.55. The van der Waals surface area contributed by atoms with E-state index >= 15 is 0 Å². The van der Waals surface area contributed by atoms with Gasteiger partial charge < -0.3 is 9.90 Å². The second kappa shape index (κ2) is 8.24. The smallest absolute Gasteiger partial charge is 0.130 e. The van der Waals surface area contributed by atoms with Gasteiger partial charge in [0, 0.05) is 0 Å². The van der Waals surface area contributed by atoms with Crippen LogP contribution in [0.5, 0.6) is 0 Å². The van der Waals surface area contributed by atoms with Crippen LogP contribution in [0.3, 0.4) is 0 Å². The van der Waals surface area contributed by atoms with Gasteiger partial charge in [-0.1, -0.05) is 78.9 Å². The van der Waals surface area contributed by atoms with Gasteiger partial charge in [0.05, 0.1) is 11.5 Å². The van der Waals surface area contributed by atoms with Crippen LogP contribution in [0.4, 0.5) is 0 Å². The molecular formula is C30H50O2. The van der Waals surface area contributed by atoms with E-state index in [0.717, 1.165) is 38.0 Å². The Morgan fingerprint density at radius 1 is 0.938 bits per heavy atom. The van der Waals surface area contributed by atoms with Crippen LogP contribution in [-0.4, -0.2) is 17.5 Å². The molecule has 182 valence electrons. The topological polar surface area (TPSA) is 37.3 Å². The highest BCUT2D eigenvalue weighted by molar-refractivity contribution is 5.70. The van der Waals surface area contributed by atoms with Crippen molar-refractivity contribution in [1.29, 1.82) is 0 Å². The number of aliphatic hydroxyl groups is 1. The molecule has 0 bridgehead atoms. The Morgan fingerprint density at radius 2 is 1.66 bits per heavy atom. The number of fused-ring (bicyclic) bond motifs is 4. The molecule has 0 aromatic carbocycles. The minimum atomic E-state index is -0.230. The van der Waals surface area contributed by atoms with E-state index in [1.54, 1.807) is 11.1 Å². The van der Waals surface area contributed by atoms with E-state index in [1.807, 2.05) is 0 Å². The number of rotatable bonds is 6. The van der Waals surface area contributed by atoms with Gasteiger partial charge in [-0.2, -0.15) is 0 Å². The molecule has 32 heavy (non-hydrogen) atoms. The summed E-state index contributed by atoms with van der Waals surface area (Å²) in [5.74, 6) is 2.69. The van der Waals surface area contributed by atoms with E-state index < -0.39 is 0 Å². The van der Waals surface area contributed by atoms with Gasteiger partial charge in [0.1, 0.15) is 6.29 Å². The molecule has 2 nitrogen and oxygen atoms in total. The zero-order valence-corrected chi connectivity index (χ0v) is 22.1. The number of allylic oxidation sites excluding steroid dienone is 2. The normalized spacial score (nSPS) is 44.1. The fourth-order valence-corrected chi connectivity index (χ4v) is 9.63. The summed E-state index contributed by atoms with van der Waals surface area (Å²) in [5, 5.41) is 10.8. The van der Waals surface area contributed by atoms with Crippen LogP contribution >= 0.6 is 0 Å². The predicted octanol–water partition coefficient (Wildman–Crippen LogP) is 7.74. The number of hydrogen-bond acceptors (Lipinski definition) is 2. The number of aliphatic hydroxyl groups excluding tert-OH is 1. The first-order valence-corrected chi connectivity index (χ1v) is 13.8. The standard InChI is InChI=1S/C30H50O2/c1-20(2)9-8-10-21(3)22-14-18-30(19-31)24-11-12-25-27(4,5)26(32)15-16-28(25,6)23(24)13-17-29(22,30)7/h19-22,25-26,32H,8-18H2,1-7H3/t21?,22-,25+,26+,28-,29-,30-/m1/s1. The summed E-state index contributed by atoms with van der Waals surface area (Å²) < 4.78 is 0. The number of carbonyl (C=O) groups is 1. The Labute approximate surface area is 198 Å². The molecule has 2 fully saturated rings. The van der Waals surface area contributed by atoms with E-state index in [4.69, 9.17) is 0 Å². The van der Waals surface area contributed by atoms with Crippen molar-refractivity contribution in [1.82, 2.24) is 0 Å². The zero-order chi connectivity index (χ0) is 23.5. The molecule has 2 heteroatoms. The minimum absolute atomic E-state index is 0.0379. The molecule has 0 amide bonds. The summed E-state index contributed by atoms with van der Waals surface area (Å²) in [6, 6.07) is 0. The first kappa shape index (κ1) is 24.5. The highest BCUT2D eigenvalue weighted by atomic mass is 16.3. The van der Waals surface area contributed by atoms with Crippen molar-refractivity contribution in [2.24, 2.45) is 45.3 Å². The van der Waals surface area contributed by atoms with Crippen LogP contribution in [0, 0.1) is 45.3 Å². The SMILES string of the molecule is CC(C)CCCC(C)[C@H]1CC[C@@]2(C=O)C3=C(CC[C@]12C)[C@@]1(C)CC[C@H](O)C(C)(C)[C@@H]1CC3. The Kier molecular flexibility index (Phi) is 6.31. The Hall–Kier alpha value is -0.630. The Morgan fingerprint density at radius 3 is 2.31 bits per heavy atom. The molecular weight excluding hydrogens is 392 g/mol. The number of aldehydes is 1. The predicted molar refractivity (Wildman–Crippen MR) is 133 cm³/mol. The van der Waals surface area contributed by atoms with E-state index in [0.29, 0.717) is 17.8 Å². The maximum Gasteiger partial charge on any atom is 0.130 e. The summed E-state index contributed by atoms with van der Waals surface area (Å²) >= 11 is 0. The largest absolute Gasteiger partial charge is 0.393 e. The van der Waals surface area contributed by atoms with Gasteiger partial charge in [0.15, 0.2) is 0 Å². The van der Waals surface area contributed by atoms with Gasteiger partial charge in [0.2, 0.25) is 0 Å². The highest BCUT2D eigenvalue weighted by Gasteiger charge is 2.65. The monoisotopic (exact) mass is 442 g/mol. The minimum Gasteiger partial charge on any atom is -0.393 e. The maximum atomic E-state index is 13.1. The molecule has 0 aliphatic heterocycles. The van der Waals surface area contributed by atoms with Crippen LogP contribution < -0.4 is 0 Å². The maximum absolute atomic E-state index is 13.1. The first-order valence-electron chi connectivity index (χ1n) is 13.8. The van der Waals surface area contributed by atoms with Crippen molar-refractivity contribution in [2.75, 3.05) is 0 Å². The Balaban J connectivity index is 1.67. The first-order chi connectivity index (χ1) is 14.9. The van der Waals surface area contributed by atoms with Gasteiger partial charge in [-0.3, -0.25) is 0 Å². The molecule has 1 unspecified atom stereocenters. The molecule has 1 N–H and O–H groups in total. The number of hydrogen-bond donors (Lipinski definition) is 1. The lowest BCUT2D eigenvalue weighted by molar-refractivity contribution is -0.125. The Bertz CT molecular complexity index is 763. The summed E-state index contributed by atoms with van der Waals surface area (Å²) in [7, 11) is 0. The van der Waals surface area contributed by atoms with E-state index in [2.05, 4.69) is 48.5 Å². The molecule has 7 atom stereocenters. The highest BCUT2D eigenvalue weighted by Crippen LogP contribution is 2.72. The van der Waals surface area contributed by atoms with Crippen molar-refractivity contribution < 1.29 is 9.90 Å². The fraction of sp³-hybridized carbons (Fsp3) is 0.900. The molecule has 0 aromatic heterocycles. The van der Waals surface area contributed by atoms with Crippen LogP contribution in [0.1, 0.15) is 119 Å². The van der Waals surface area contributed by atoms with Crippen molar-refractivity contribution in [2.45, 2.75) is 125 Å². The molecule has 4 aliphatic rings. The van der Waals surface area contributed by atoms with Gasteiger partial charge in [-0.25, -0.2) is 0 Å². The molecule has 0 radical (unpaired) electrons. The third-order valence-electron chi connectivity index (χ3n) is 11.6. The average Bonchev–Trinajstić information content (AvgIpc) is 3.04. The van der Waals surface area contributed by atoms with E-state index in [1.165, 1.54) is 44.8 Å². The van der Waals surface area contributed by atoms with Crippen LogP contribution in [-0.2, 0) is 4.79 Å². The fourth-order valence-electron chi connectivity index (χ4n) is 9.63. The van der Waals surface area contributed by atoms with E-state index in [-0.39, 0.29) is 27.8 Å². The van der Waals surface area contributed by atoms with Crippen molar-refractivity contribution in [3.8, 4) is 0 Å². The summed E-state index contributed by atoms with van der Waals surface area (Å²) in [6.07, 6.45) is 14.0. The van der Waals surface area contributed by atoms with Crippen molar-refractivity contribution in [3.05, 3.63) is 11.1 Å². The molecule has 4 aliphatic carbocycles. The van der Waals surface area contributed by atoms with Crippen molar-refractivity contribution >= 4 is 6.29 Å². The van der Waals surface area contributed by atoms with Gasteiger partial charge >= 0.3 is 0 Å². The average molecular weight is 443 g/mol. The zero-order valence-electron chi connectivity index (χ0n) is 22.1. The molecule has 0 heterocycles. The van der Waals surface area contributed by atoms with Gasteiger partial charge in [-0.05, 0) is 91.3 Å². The molecule has 0 saturated heterocycles. The van der Waals surface area contributed by atoms with Crippen LogP contribution in [0.25, 0.3) is 0 Å². The lowest BCUT2D eigenvalue weighted by Gasteiger charge is -2.61. The van der Waals surface area contributed by atoms with E-state index in [9.17, 15) is 9.90 Å². The second-order valence-electron chi connectivity index (χ2n) is 13.8. The van der Waals surface area contributed by atoms with Crippen LogP contribution in [0.2, 0.25) is 0 Å².